The van der Waals surface area contributed by atoms with Gasteiger partial charge in [0.15, 0.2) is 0 Å². The van der Waals surface area contributed by atoms with E-state index in [1.165, 1.54) is 13.2 Å². The molecule has 0 fully saturated rings. The molecule has 7 nitrogen and oxygen atoms in total. The van der Waals surface area contributed by atoms with Crippen molar-refractivity contribution in [3.8, 4) is 0 Å². The average molecular weight is 301 g/mol. The van der Waals surface area contributed by atoms with Crippen LogP contribution in [0.25, 0.3) is 0 Å². The molecule has 0 saturated carbocycles. The van der Waals surface area contributed by atoms with E-state index in [0.29, 0.717) is 22.8 Å². The Labute approximate surface area is 126 Å². The van der Waals surface area contributed by atoms with Crippen LogP contribution in [-0.4, -0.2) is 29.0 Å². The number of amides is 1. The molecule has 0 spiro atoms. The van der Waals surface area contributed by atoms with Crippen molar-refractivity contribution in [1.29, 1.82) is 0 Å². The molecule has 0 unspecified atom stereocenters. The van der Waals surface area contributed by atoms with Crippen LogP contribution >= 0.6 is 0 Å². The Hall–Kier alpha value is -2.96. The van der Waals surface area contributed by atoms with E-state index >= 15 is 0 Å². The number of aromatic amines is 1. The number of nitrogens with one attached hydrogen (secondary N) is 2. The predicted octanol–water partition coefficient (Wildman–Crippen LogP) is 1.43. The largest absolute Gasteiger partial charge is 0.465 e. The van der Waals surface area contributed by atoms with Gasteiger partial charge in [-0.05, 0) is 32.0 Å². The normalized spacial score (nSPS) is 10.1. The number of ether oxygens (including phenoxy) is 1. The topological polar surface area (TPSA) is 101 Å². The van der Waals surface area contributed by atoms with E-state index in [1.807, 2.05) is 0 Å². The molecule has 0 saturated heterocycles. The van der Waals surface area contributed by atoms with Gasteiger partial charge in [0.1, 0.15) is 11.4 Å². The maximum Gasteiger partial charge on any atom is 0.337 e. The Balaban J connectivity index is 2.30. The molecule has 0 aliphatic rings. The van der Waals surface area contributed by atoms with Gasteiger partial charge in [-0.25, -0.2) is 9.78 Å². The van der Waals surface area contributed by atoms with Crippen molar-refractivity contribution in [2.75, 3.05) is 12.4 Å². The zero-order chi connectivity index (χ0) is 16.3. The van der Waals surface area contributed by atoms with Gasteiger partial charge in [0, 0.05) is 5.69 Å². The molecule has 114 valence electrons. The molecule has 1 aromatic carbocycles. The Morgan fingerprint density at radius 1 is 1.27 bits per heavy atom. The van der Waals surface area contributed by atoms with Crippen LogP contribution in [0.3, 0.4) is 0 Å². The van der Waals surface area contributed by atoms with Crippen molar-refractivity contribution >= 4 is 17.6 Å². The lowest BCUT2D eigenvalue weighted by Gasteiger charge is -2.08. The zero-order valence-electron chi connectivity index (χ0n) is 12.4. The third kappa shape index (κ3) is 3.20. The second-order valence-corrected chi connectivity index (χ2v) is 4.64. The summed E-state index contributed by atoms with van der Waals surface area (Å²) in [5, 5.41) is 2.57. The van der Waals surface area contributed by atoms with E-state index in [2.05, 4.69) is 20.0 Å². The van der Waals surface area contributed by atoms with E-state index in [9.17, 15) is 14.4 Å². The maximum atomic E-state index is 12.2. The van der Waals surface area contributed by atoms with E-state index in [1.54, 1.807) is 32.0 Å². The number of methoxy groups -OCH3 is 1. The number of carbonyl (C=O) groups excluding carboxylic acids is 2. The SMILES string of the molecule is COC(=O)c1cccc(NC(=O)c2c(C)nc(C)[nH]c2=O)c1. The third-order valence-electron chi connectivity index (χ3n) is 2.99. The first kappa shape index (κ1) is 15.4. The number of aromatic nitrogens is 2. The van der Waals surface area contributed by atoms with Crippen LogP contribution in [0.1, 0.15) is 32.2 Å². The minimum Gasteiger partial charge on any atom is -0.465 e. The first-order valence-corrected chi connectivity index (χ1v) is 6.49. The lowest BCUT2D eigenvalue weighted by atomic mass is 10.2. The van der Waals surface area contributed by atoms with Gasteiger partial charge in [0.25, 0.3) is 11.5 Å². The summed E-state index contributed by atoms with van der Waals surface area (Å²) < 4.78 is 4.62. The van der Waals surface area contributed by atoms with Gasteiger partial charge in [0.05, 0.1) is 18.4 Å². The molecule has 2 N–H and O–H groups in total. The minimum atomic E-state index is -0.590. The Morgan fingerprint density at radius 3 is 2.64 bits per heavy atom. The van der Waals surface area contributed by atoms with Crippen LogP contribution in [0.15, 0.2) is 29.1 Å². The van der Waals surface area contributed by atoms with E-state index in [-0.39, 0.29) is 5.56 Å². The monoisotopic (exact) mass is 301 g/mol. The van der Waals surface area contributed by atoms with Crippen LogP contribution < -0.4 is 10.9 Å². The molecule has 1 amide bonds. The fourth-order valence-corrected chi connectivity index (χ4v) is 2.03. The van der Waals surface area contributed by atoms with Gasteiger partial charge < -0.3 is 15.0 Å². The van der Waals surface area contributed by atoms with Crippen LogP contribution in [0, 0.1) is 13.8 Å². The lowest BCUT2D eigenvalue weighted by molar-refractivity contribution is 0.0600. The lowest BCUT2D eigenvalue weighted by Crippen LogP contribution is -2.26. The molecular weight excluding hydrogens is 286 g/mol. The number of aryl methyl sites for hydroxylation is 2. The van der Waals surface area contributed by atoms with Gasteiger partial charge in [-0.1, -0.05) is 6.07 Å². The highest BCUT2D eigenvalue weighted by Gasteiger charge is 2.16. The zero-order valence-corrected chi connectivity index (χ0v) is 12.4. The summed E-state index contributed by atoms with van der Waals surface area (Å²) in [6.45, 7) is 3.22. The number of hydrogen-bond donors (Lipinski definition) is 2. The third-order valence-corrected chi connectivity index (χ3v) is 2.99. The molecule has 2 aromatic rings. The summed E-state index contributed by atoms with van der Waals surface area (Å²) in [6, 6.07) is 6.24. The number of hydrogen-bond acceptors (Lipinski definition) is 5. The molecule has 1 heterocycles. The smallest absolute Gasteiger partial charge is 0.337 e. The first-order chi connectivity index (χ1) is 10.4. The summed E-state index contributed by atoms with van der Waals surface area (Å²) in [5.41, 5.74) is 0.448. The molecule has 7 heteroatoms. The highest BCUT2D eigenvalue weighted by atomic mass is 16.5. The second-order valence-electron chi connectivity index (χ2n) is 4.64. The van der Waals surface area contributed by atoms with Crippen molar-refractivity contribution < 1.29 is 14.3 Å². The number of H-pyrrole nitrogens is 1. The fraction of sp³-hybridized carbons (Fsp3) is 0.200. The molecule has 2 rings (SSSR count). The van der Waals surface area contributed by atoms with Gasteiger partial charge >= 0.3 is 5.97 Å². The summed E-state index contributed by atoms with van der Waals surface area (Å²) in [5.74, 6) is -0.665. The van der Waals surface area contributed by atoms with Crippen molar-refractivity contribution in [3.63, 3.8) is 0 Å². The average Bonchev–Trinajstić information content (AvgIpc) is 2.45. The van der Waals surface area contributed by atoms with Crippen molar-refractivity contribution in [3.05, 3.63) is 57.3 Å². The van der Waals surface area contributed by atoms with Gasteiger partial charge in [-0.15, -0.1) is 0 Å². The van der Waals surface area contributed by atoms with Crippen LogP contribution in [-0.2, 0) is 4.74 Å². The minimum absolute atomic E-state index is 0.0610. The summed E-state index contributed by atoms with van der Waals surface area (Å²) in [7, 11) is 1.27. The van der Waals surface area contributed by atoms with Crippen LogP contribution in [0.2, 0.25) is 0 Å². The predicted molar refractivity (Wildman–Crippen MR) is 80.1 cm³/mol. The standard InChI is InChI=1S/C15H15N3O4/c1-8-12(13(19)17-9(2)16-8)14(20)18-11-6-4-5-10(7-11)15(21)22-3/h4-7H,1-3H3,(H,18,20)(H,16,17,19). The highest BCUT2D eigenvalue weighted by molar-refractivity contribution is 6.05. The molecule has 0 aliphatic carbocycles. The highest BCUT2D eigenvalue weighted by Crippen LogP contribution is 2.13. The number of anilines is 1. The number of rotatable bonds is 3. The Bertz CT molecular complexity index is 796. The van der Waals surface area contributed by atoms with Crippen molar-refractivity contribution in [2.24, 2.45) is 0 Å². The summed E-state index contributed by atoms with van der Waals surface area (Å²) in [6.07, 6.45) is 0. The fourth-order valence-electron chi connectivity index (χ4n) is 2.03. The van der Waals surface area contributed by atoms with Gasteiger partial charge in [-0.2, -0.15) is 0 Å². The maximum absolute atomic E-state index is 12.2. The van der Waals surface area contributed by atoms with Crippen LogP contribution in [0.4, 0.5) is 5.69 Å². The first-order valence-electron chi connectivity index (χ1n) is 6.49. The second kappa shape index (κ2) is 6.21. The molecule has 0 radical (unpaired) electrons. The molecule has 1 aromatic heterocycles. The van der Waals surface area contributed by atoms with Crippen molar-refractivity contribution in [2.45, 2.75) is 13.8 Å². The number of benzene rings is 1. The number of nitrogens with zero attached hydrogens (tertiary/aromatic N) is 1. The molecule has 22 heavy (non-hydrogen) atoms. The van der Waals surface area contributed by atoms with E-state index in [0.717, 1.165) is 0 Å². The molecule has 0 aliphatic heterocycles. The number of carbonyl (C=O) groups is 2. The quantitative estimate of drug-likeness (QED) is 0.835. The van der Waals surface area contributed by atoms with Crippen molar-refractivity contribution in [1.82, 2.24) is 9.97 Å². The summed E-state index contributed by atoms with van der Waals surface area (Å²) in [4.78, 5) is 42.1. The Morgan fingerprint density at radius 2 is 2.00 bits per heavy atom. The van der Waals surface area contributed by atoms with Crippen LogP contribution in [0.5, 0.6) is 0 Å². The summed E-state index contributed by atoms with van der Waals surface area (Å²) >= 11 is 0. The molecule has 0 atom stereocenters. The number of esters is 1. The molecule has 0 bridgehead atoms. The van der Waals surface area contributed by atoms with Gasteiger partial charge in [-0.3, -0.25) is 9.59 Å². The van der Waals surface area contributed by atoms with Gasteiger partial charge in [0.2, 0.25) is 0 Å². The van der Waals surface area contributed by atoms with E-state index in [4.69, 9.17) is 0 Å². The molecular formula is C15H15N3O4. The van der Waals surface area contributed by atoms with E-state index < -0.39 is 17.4 Å². The Kier molecular flexibility index (Phi) is 4.36.